The van der Waals surface area contributed by atoms with Crippen LogP contribution in [0.1, 0.15) is 29.6 Å². The van der Waals surface area contributed by atoms with Gasteiger partial charge in [-0.05, 0) is 30.7 Å². The van der Waals surface area contributed by atoms with E-state index < -0.39 is 44.7 Å². The molecule has 0 spiro atoms. The fraction of sp³-hybridized carbons (Fsp3) is 0.286. The first kappa shape index (κ1) is 23.1. The molecule has 1 aliphatic rings. The Kier molecular flexibility index (Phi) is 6.08. The Morgan fingerprint density at radius 2 is 1.91 bits per heavy atom. The van der Waals surface area contributed by atoms with Gasteiger partial charge in [0.25, 0.3) is 15.9 Å². The molecule has 0 radical (unpaired) electrons. The van der Waals surface area contributed by atoms with E-state index in [9.17, 15) is 22.0 Å². The van der Waals surface area contributed by atoms with Crippen molar-refractivity contribution in [2.75, 3.05) is 13.1 Å². The van der Waals surface area contributed by atoms with Gasteiger partial charge in [0.2, 0.25) is 5.92 Å². The summed E-state index contributed by atoms with van der Waals surface area (Å²) < 4.78 is 66.4. The van der Waals surface area contributed by atoms with Crippen LogP contribution in [-0.4, -0.2) is 48.3 Å². The molecule has 4 rings (SSSR count). The second-order valence-electron chi connectivity index (χ2n) is 7.73. The second kappa shape index (κ2) is 8.69. The van der Waals surface area contributed by atoms with Gasteiger partial charge in [0.15, 0.2) is 5.03 Å². The molecule has 1 amide bonds. The van der Waals surface area contributed by atoms with Gasteiger partial charge in [-0.15, -0.1) is 0 Å². The lowest BCUT2D eigenvalue weighted by atomic mass is 10.0. The number of sulfonamides is 1. The average Bonchev–Trinajstić information content (AvgIpc) is 2.93. The number of nitrogens with zero attached hydrogens (tertiary/aromatic N) is 3. The number of hydrogen-bond acceptors (Lipinski definition) is 6. The zero-order chi connectivity index (χ0) is 23.8. The number of carbonyl (C=O) groups excluding carboxylic acids is 1. The van der Waals surface area contributed by atoms with Crippen LogP contribution in [0.2, 0.25) is 0 Å². The van der Waals surface area contributed by atoms with Crippen molar-refractivity contribution in [2.45, 2.75) is 30.2 Å². The molecule has 0 aliphatic carbocycles. The first-order valence-electron chi connectivity index (χ1n) is 10.1. The number of benzene rings is 1. The molecule has 3 aromatic rings. The molecule has 0 atom stereocenters. The van der Waals surface area contributed by atoms with E-state index in [2.05, 4.69) is 15.4 Å². The van der Waals surface area contributed by atoms with Crippen LogP contribution in [-0.2, 0) is 10.0 Å². The Balaban J connectivity index is 1.80. The quantitative estimate of drug-likeness (QED) is 0.594. The number of hydrazine groups is 1. The minimum atomic E-state index is -4.17. The minimum Gasteiger partial charge on any atom is -0.285 e. The zero-order valence-electron chi connectivity index (χ0n) is 17.3. The van der Waals surface area contributed by atoms with Crippen LogP contribution in [0.3, 0.4) is 0 Å². The van der Waals surface area contributed by atoms with E-state index in [1.807, 2.05) is 0 Å². The summed E-state index contributed by atoms with van der Waals surface area (Å²) in [5.74, 6) is -4.59. The lowest BCUT2D eigenvalue weighted by Gasteiger charge is -2.22. The number of pyridine rings is 2. The monoisotopic (exact) mass is 479 g/mol. The normalized spacial score (nSPS) is 17.0. The summed E-state index contributed by atoms with van der Waals surface area (Å²) in [6.07, 6.45) is 0.563. The number of amides is 1. The molecule has 174 valence electrons. The molecule has 33 heavy (non-hydrogen) atoms. The molecular formula is C21H20F3N5O3S. The third kappa shape index (κ3) is 4.97. The number of hydrogen-bond donors (Lipinski definition) is 2. The number of nitrogens with one attached hydrogen (secondary N) is 1. The van der Waals surface area contributed by atoms with Crippen molar-refractivity contribution >= 4 is 26.8 Å². The van der Waals surface area contributed by atoms with Crippen LogP contribution in [0.15, 0.2) is 47.6 Å². The maximum absolute atomic E-state index is 15.6. The molecule has 1 aliphatic heterocycles. The number of aromatic nitrogens is 2. The van der Waals surface area contributed by atoms with Gasteiger partial charge < -0.3 is 0 Å². The number of rotatable bonds is 4. The highest BCUT2D eigenvalue weighted by Gasteiger charge is 2.33. The van der Waals surface area contributed by atoms with Gasteiger partial charge in [0.1, 0.15) is 11.4 Å². The number of nitrogens with two attached hydrogens (primary N) is 1. The molecule has 0 saturated carbocycles. The highest BCUT2D eigenvalue weighted by molar-refractivity contribution is 7.89. The summed E-state index contributed by atoms with van der Waals surface area (Å²) in [6.45, 7) is 0.0611. The largest absolute Gasteiger partial charge is 0.285 e. The molecule has 1 saturated heterocycles. The van der Waals surface area contributed by atoms with Crippen molar-refractivity contribution in [2.24, 2.45) is 5.14 Å². The summed E-state index contributed by atoms with van der Waals surface area (Å²) >= 11 is 0. The van der Waals surface area contributed by atoms with Crippen LogP contribution in [0.4, 0.5) is 13.2 Å². The van der Waals surface area contributed by atoms with Crippen molar-refractivity contribution in [3.8, 4) is 11.3 Å². The number of fused-ring (bicyclic) bond motifs is 1. The number of halogens is 3. The Hall–Kier alpha value is -3.09. The standard InChI is InChI=1S/C21H20F3N5O3S/c22-18-14-4-1-2-5-15(14)27-19(13-6-9-26-16(12-13)33(25,31)32)17(18)20(30)28-29-10-3-7-21(23,24)8-11-29/h1-2,4-6,9,12H,3,7-8,10-11H2,(H,28,30)(H2,25,31,32). The third-order valence-corrected chi connectivity index (χ3v) is 6.14. The van der Waals surface area contributed by atoms with E-state index in [1.165, 1.54) is 17.1 Å². The van der Waals surface area contributed by atoms with Gasteiger partial charge >= 0.3 is 0 Å². The average molecular weight is 479 g/mol. The van der Waals surface area contributed by atoms with E-state index in [-0.39, 0.29) is 48.1 Å². The smallest absolute Gasteiger partial charge is 0.270 e. The maximum Gasteiger partial charge on any atom is 0.270 e. The van der Waals surface area contributed by atoms with Gasteiger partial charge in [-0.3, -0.25) is 10.2 Å². The summed E-state index contributed by atoms with van der Waals surface area (Å²) in [4.78, 5) is 21.2. The number of para-hydroxylation sites is 1. The molecule has 1 aromatic carbocycles. The van der Waals surface area contributed by atoms with Crippen LogP contribution < -0.4 is 10.6 Å². The Morgan fingerprint density at radius 1 is 1.15 bits per heavy atom. The Bertz CT molecular complexity index is 1330. The molecule has 8 nitrogen and oxygen atoms in total. The van der Waals surface area contributed by atoms with E-state index in [4.69, 9.17) is 5.14 Å². The number of carbonyl (C=O) groups is 1. The number of alkyl halides is 2. The molecule has 3 heterocycles. The van der Waals surface area contributed by atoms with Crippen LogP contribution in [0, 0.1) is 5.82 Å². The summed E-state index contributed by atoms with van der Waals surface area (Å²) in [5.41, 5.74) is 2.26. The predicted molar refractivity (Wildman–Crippen MR) is 114 cm³/mol. The first-order valence-corrected chi connectivity index (χ1v) is 11.6. The van der Waals surface area contributed by atoms with Crippen molar-refractivity contribution in [3.05, 3.63) is 54.0 Å². The van der Waals surface area contributed by atoms with E-state index >= 15 is 4.39 Å². The highest BCUT2D eigenvalue weighted by atomic mass is 32.2. The molecular weight excluding hydrogens is 459 g/mol. The van der Waals surface area contributed by atoms with Gasteiger partial charge in [-0.2, -0.15) is 0 Å². The molecule has 0 unspecified atom stereocenters. The van der Waals surface area contributed by atoms with E-state index in [0.29, 0.717) is 0 Å². The van der Waals surface area contributed by atoms with Gasteiger partial charge in [-0.25, -0.2) is 41.7 Å². The van der Waals surface area contributed by atoms with Gasteiger partial charge in [0.05, 0.1) is 11.2 Å². The van der Waals surface area contributed by atoms with Crippen molar-refractivity contribution < 1.29 is 26.4 Å². The topological polar surface area (TPSA) is 118 Å². The van der Waals surface area contributed by atoms with E-state index in [0.717, 1.165) is 12.3 Å². The van der Waals surface area contributed by atoms with Gasteiger partial charge in [0, 0.05) is 43.1 Å². The van der Waals surface area contributed by atoms with Crippen molar-refractivity contribution in [1.29, 1.82) is 0 Å². The van der Waals surface area contributed by atoms with Crippen molar-refractivity contribution in [3.63, 3.8) is 0 Å². The summed E-state index contributed by atoms with van der Waals surface area (Å²) in [6, 6.07) is 8.67. The molecule has 2 aromatic heterocycles. The lowest BCUT2D eigenvalue weighted by Crippen LogP contribution is -2.43. The fourth-order valence-corrected chi connectivity index (χ4v) is 4.17. The maximum atomic E-state index is 15.6. The first-order chi connectivity index (χ1) is 15.5. The van der Waals surface area contributed by atoms with Crippen LogP contribution >= 0.6 is 0 Å². The SMILES string of the molecule is NS(=O)(=O)c1cc(-c2nc3ccccc3c(F)c2C(=O)NN2CCCC(F)(F)CC2)ccn1. The third-order valence-electron chi connectivity index (χ3n) is 5.33. The van der Waals surface area contributed by atoms with Crippen LogP contribution in [0.25, 0.3) is 22.2 Å². The van der Waals surface area contributed by atoms with E-state index in [1.54, 1.807) is 18.2 Å². The molecule has 12 heteroatoms. The summed E-state index contributed by atoms with van der Waals surface area (Å²) in [5, 5.41) is 6.08. The number of primary sulfonamides is 1. The van der Waals surface area contributed by atoms with Crippen molar-refractivity contribution in [1.82, 2.24) is 20.4 Å². The van der Waals surface area contributed by atoms with Gasteiger partial charge in [-0.1, -0.05) is 12.1 Å². The minimum absolute atomic E-state index is 0.0783. The molecule has 3 N–H and O–H groups in total. The highest BCUT2D eigenvalue weighted by Crippen LogP contribution is 2.31. The molecule has 0 bridgehead atoms. The fourth-order valence-electron chi connectivity index (χ4n) is 3.68. The van der Waals surface area contributed by atoms with Crippen LogP contribution in [0.5, 0.6) is 0 Å². The second-order valence-corrected chi connectivity index (χ2v) is 9.24. The Labute approximate surface area is 187 Å². The predicted octanol–water partition coefficient (Wildman–Crippen LogP) is 2.85. The Morgan fingerprint density at radius 3 is 2.67 bits per heavy atom. The zero-order valence-corrected chi connectivity index (χ0v) is 18.1. The molecule has 1 fully saturated rings. The summed E-state index contributed by atoms with van der Waals surface area (Å²) in [7, 11) is -4.17. The lowest BCUT2D eigenvalue weighted by molar-refractivity contribution is -0.0143.